The number of aromatic nitrogens is 1. The standard InChI is InChI=1S/C28H24N2O5/c1-33-25-13-7-10-18(27(25)34-2)21(20-15-29-22-11-5-3-8-17(20)22)16-30-28(32)26-14-23(31)19-9-4-6-12-24(19)35-26/h3-15,21,29H,16H2,1-2H3,(H,30,32). The van der Waals surface area contributed by atoms with E-state index in [-0.39, 0.29) is 23.7 Å². The van der Waals surface area contributed by atoms with Crippen LogP contribution in [0.1, 0.15) is 27.6 Å². The average molecular weight is 469 g/mol. The van der Waals surface area contributed by atoms with E-state index < -0.39 is 5.91 Å². The smallest absolute Gasteiger partial charge is 0.287 e. The molecule has 0 aliphatic rings. The molecule has 2 heterocycles. The Hall–Kier alpha value is -4.52. The quantitative estimate of drug-likeness (QED) is 0.356. The van der Waals surface area contributed by atoms with E-state index in [4.69, 9.17) is 13.9 Å². The maximum Gasteiger partial charge on any atom is 0.287 e. The van der Waals surface area contributed by atoms with E-state index >= 15 is 0 Å². The van der Waals surface area contributed by atoms with Crippen molar-refractivity contribution in [3.05, 3.63) is 106 Å². The molecule has 1 atom stereocenters. The number of nitrogens with one attached hydrogen (secondary N) is 2. The summed E-state index contributed by atoms with van der Waals surface area (Å²) in [6.45, 7) is 0.237. The van der Waals surface area contributed by atoms with Crippen LogP contribution in [0.15, 0.2) is 88.2 Å². The van der Waals surface area contributed by atoms with E-state index in [9.17, 15) is 9.59 Å². The fourth-order valence-corrected chi connectivity index (χ4v) is 4.45. The summed E-state index contributed by atoms with van der Waals surface area (Å²) in [5.41, 5.74) is 2.94. The highest BCUT2D eigenvalue weighted by atomic mass is 16.5. The third-order valence-corrected chi connectivity index (χ3v) is 6.13. The van der Waals surface area contributed by atoms with Crippen molar-refractivity contribution in [3.8, 4) is 11.5 Å². The molecule has 1 unspecified atom stereocenters. The fraction of sp³-hybridized carbons (Fsp3) is 0.143. The second-order valence-electron chi connectivity index (χ2n) is 8.11. The van der Waals surface area contributed by atoms with E-state index in [1.807, 2.05) is 48.7 Å². The largest absolute Gasteiger partial charge is 0.493 e. The summed E-state index contributed by atoms with van der Waals surface area (Å²) in [5.74, 6) is 0.411. The second kappa shape index (κ2) is 9.38. The number of rotatable bonds is 7. The number of fused-ring (bicyclic) bond motifs is 2. The predicted molar refractivity (Wildman–Crippen MR) is 135 cm³/mol. The van der Waals surface area contributed by atoms with Crippen LogP contribution in [0.4, 0.5) is 0 Å². The van der Waals surface area contributed by atoms with Gasteiger partial charge in [0.2, 0.25) is 0 Å². The monoisotopic (exact) mass is 468 g/mol. The van der Waals surface area contributed by atoms with Gasteiger partial charge in [0.1, 0.15) is 5.58 Å². The topological polar surface area (TPSA) is 93.6 Å². The molecule has 7 heteroatoms. The number of hydrogen-bond acceptors (Lipinski definition) is 5. The first-order chi connectivity index (χ1) is 17.1. The molecule has 35 heavy (non-hydrogen) atoms. The van der Waals surface area contributed by atoms with Crippen LogP contribution in [-0.4, -0.2) is 31.7 Å². The van der Waals surface area contributed by atoms with Gasteiger partial charge in [0, 0.05) is 41.2 Å². The Bertz CT molecular complexity index is 1580. The van der Waals surface area contributed by atoms with Crippen LogP contribution in [0.25, 0.3) is 21.9 Å². The van der Waals surface area contributed by atoms with Crippen molar-refractivity contribution >= 4 is 27.8 Å². The molecule has 1 amide bonds. The zero-order chi connectivity index (χ0) is 24.4. The van der Waals surface area contributed by atoms with Crippen molar-refractivity contribution in [2.45, 2.75) is 5.92 Å². The Balaban J connectivity index is 1.53. The third kappa shape index (κ3) is 4.12. The van der Waals surface area contributed by atoms with Crippen LogP contribution in [0.3, 0.4) is 0 Å². The molecule has 7 nitrogen and oxygen atoms in total. The molecule has 0 aliphatic heterocycles. The normalized spacial score (nSPS) is 11.9. The van der Waals surface area contributed by atoms with Gasteiger partial charge in [-0.05, 0) is 29.8 Å². The Labute approximate surface area is 201 Å². The Morgan fingerprint density at radius 3 is 2.51 bits per heavy atom. The van der Waals surface area contributed by atoms with Crippen molar-refractivity contribution in [1.82, 2.24) is 10.3 Å². The molecule has 0 aliphatic carbocycles. The number of carbonyl (C=O) groups excluding carboxylic acids is 1. The molecule has 0 fully saturated rings. The molecule has 0 saturated heterocycles. The first-order valence-corrected chi connectivity index (χ1v) is 11.2. The molecule has 2 aromatic heterocycles. The van der Waals surface area contributed by atoms with Gasteiger partial charge in [-0.25, -0.2) is 0 Å². The molecule has 0 bridgehead atoms. The molecule has 2 N–H and O–H groups in total. The lowest BCUT2D eigenvalue weighted by atomic mass is 9.89. The van der Waals surface area contributed by atoms with Crippen molar-refractivity contribution in [3.63, 3.8) is 0 Å². The number of H-pyrrole nitrogens is 1. The first kappa shape index (κ1) is 22.3. The average Bonchev–Trinajstić information content (AvgIpc) is 3.32. The van der Waals surface area contributed by atoms with Gasteiger partial charge in [-0.1, -0.05) is 42.5 Å². The van der Waals surface area contributed by atoms with Crippen LogP contribution in [-0.2, 0) is 0 Å². The summed E-state index contributed by atoms with van der Waals surface area (Å²) < 4.78 is 16.9. The SMILES string of the molecule is COc1cccc(C(CNC(=O)c2cc(=O)c3ccccc3o2)c2c[nH]c3ccccc23)c1OC. The Morgan fingerprint density at radius 1 is 0.943 bits per heavy atom. The second-order valence-corrected chi connectivity index (χ2v) is 8.11. The molecular weight excluding hydrogens is 444 g/mol. The van der Waals surface area contributed by atoms with Crippen molar-refractivity contribution < 1.29 is 18.7 Å². The summed E-state index contributed by atoms with van der Waals surface area (Å²) >= 11 is 0. The first-order valence-electron chi connectivity index (χ1n) is 11.2. The number of carbonyl (C=O) groups is 1. The van der Waals surface area contributed by atoms with Gasteiger partial charge in [0.05, 0.1) is 19.6 Å². The lowest BCUT2D eigenvalue weighted by Gasteiger charge is -2.22. The summed E-state index contributed by atoms with van der Waals surface area (Å²) in [7, 11) is 3.18. The number of amides is 1. The Morgan fingerprint density at radius 2 is 1.71 bits per heavy atom. The maximum absolute atomic E-state index is 13.1. The molecule has 3 aromatic carbocycles. The van der Waals surface area contributed by atoms with Crippen molar-refractivity contribution in [2.75, 3.05) is 20.8 Å². The van der Waals surface area contributed by atoms with Gasteiger partial charge < -0.3 is 24.2 Å². The van der Waals surface area contributed by atoms with Gasteiger partial charge in [0.25, 0.3) is 5.91 Å². The molecule has 5 aromatic rings. The lowest BCUT2D eigenvalue weighted by molar-refractivity contribution is 0.0925. The fourth-order valence-electron chi connectivity index (χ4n) is 4.45. The minimum absolute atomic E-state index is 0.0380. The van der Waals surface area contributed by atoms with Crippen LogP contribution in [0.2, 0.25) is 0 Å². The number of para-hydroxylation sites is 3. The molecule has 176 valence electrons. The third-order valence-electron chi connectivity index (χ3n) is 6.13. The molecule has 0 radical (unpaired) electrons. The highest BCUT2D eigenvalue weighted by Crippen LogP contribution is 2.40. The number of ether oxygens (including phenoxy) is 2. The van der Waals surface area contributed by atoms with Gasteiger partial charge in [-0.2, -0.15) is 0 Å². The van der Waals surface area contributed by atoms with Gasteiger partial charge in [-0.15, -0.1) is 0 Å². The lowest BCUT2D eigenvalue weighted by Crippen LogP contribution is -2.29. The van der Waals surface area contributed by atoms with Crippen LogP contribution >= 0.6 is 0 Å². The van der Waals surface area contributed by atoms with Crippen LogP contribution < -0.4 is 20.2 Å². The van der Waals surface area contributed by atoms with Crippen molar-refractivity contribution in [1.29, 1.82) is 0 Å². The van der Waals surface area contributed by atoms with Crippen LogP contribution in [0.5, 0.6) is 11.5 Å². The highest BCUT2D eigenvalue weighted by molar-refractivity contribution is 5.93. The van der Waals surface area contributed by atoms with Gasteiger partial charge in [0.15, 0.2) is 22.7 Å². The predicted octanol–water partition coefficient (Wildman–Crippen LogP) is 4.85. The summed E-state index contributed by atoms with van der Waals surface area (Å²) in [5, 5.41) is 4.42. The number of benzene rings is 3. The maximum atomic E-state index is 13.1. The number of hydrogen-bond donors (Lipinski definition) is 2. The van der Waals surface area contributed by atoms with E-state index in [1.54, 1.807) is 38.5 Å². The van der Waals surface area contributed by atoms with Gasteiger partial charge >= 0.3 is 0 Å². The van der Waals surface area contributed by atoms with E-state index in [1.165, 1.54) is 6.07 Å². The molecule has 0 saturated carbocycles. The van der Waals surface area contributed by atoms with Crippen molar-refractivity contribution in [2.24, 2.45) is 0 Å². The number of methoxy groups -OCH3 is 2. The number of aromatic amines is 1. The Kier molecular flexibility index (Phi) is 5.97. The molecular formula is C28H24N2O5. The van der Waals surface area contributed by atoms with E-state index in [0.717, 1.165) is 22.0 Å². The van der Waals surface area contributed by atoms with E-state index in [2.05, 4.69) is 10.3 Å². The zero-order valence-electron chi connectivity index (χ0n) is 19.3. The summed E-state index contributed by atoms with van der Waals surface area (Å²) in [6, 6.07) is 21.7. The summed E-state index contributed by atoms with van der Waals surface area (Å²) in [6.07, 6.45) is 1.94. The molecule has 0 spiro atoms. The minimum atomic E-state index is -0.473. The molecule has 5 rings (SSSR count). The van der Waals surface area contributed by atoms with E-state index in [0.29, 0.717) is 22.5 Å². The zero-order valence-corrected chi connectivity index (χ0v) is 19.3. The minimum Gasteiger partial charge on any atom is -0.493 e. The van der Waals surface area contributed by atoms with Gasteiger partial charge in [-0.3, -0.25) is 9.59 Å². The highest BCUT2D eigenvalue weighted by Gasteiger charge is 2.25. The van der Waals surface area contributed by atoms with Crippen LogP contribution in [0, 0.1) is 0 Å². The summed E-state index contributed by atoms with van der Waals surface area (Å²) in [4.78, 5) is 28.9.